The Morgan fingerprint density at radius 2 is 2.28 bits per heavy atom. The number of methoxy groups -OCH3 is 1. The molecule has 0 heterocycles. The van der Waals surface area contributed by atoms with Crippen molar-refractivity contribution in [1.29, 1.82) is 0 Å². The van der Waals surface area contributed by atoms with Crippen molar-refractivity contribution in [3.63, 3.8) is 0 Å². The Bertz CT molecular complexity index is 405. The lowest BCUT2D eigenvalue weighted by Gasteiger charge is -2.09. The van der Waals surface area contributed by atoms with E-state index in [1.54, 1.807) is 6.07 Å². The molecule has 100 valence electrons. The highest BCUT2D eigenvalue weighted by Crippen LogP contribution is 2.23. The van der Waals surface area contributed by atoms with Crippen LogP contribution in [0.25, 0.3) is 0 Å². The molecule has 1 atom stereocenters. The van der Waals surface area contributed by atoms with Crippen LogP contribution in [0.15, 0.2) is 18.2 Å². The minimum Gasteiger partial charge on any atom is -0.507 e. The molecule has 1 unspecified atom stereocenters. The molecule has 0 spiro atoms. The molecule has 5 nitrogen and oxygen atoms in total. The van der Waals surface area contributed by atoms with Crippen LogP contribution in [0.5, 0.6) is 11.5 Å². The maximum Gasteiger partial charge on any atom is 0.255 e. The first-order valence-corrected chi connectivity index (χ1v) is 5.95. The summed E-state index contributed by atoms with van der Waals surface area (Å²) in [7, 11) is 1.50. The van der Waals surface area contributed by atoms with Crippen molar-refractivity contribution in [2.45, 2.75) is 25.8 Å². The van der Waals surface area contributed by atoms with Gasteiger partial charge in [0, 0.05) is 18.7 Å². The van der Waals surface area contributed by atoms with Gasteiger partial charge in [0.05, 0.1) is 12.7 Å². The first-order valence-electron chi connectivity index (χ1n) is 5.95. The van der Waals surface area contributed by atoms with Crippen LogP contribution in [0.1, 0.15) is 30.1 Å². The molecule has 0 radical (unpaired) electrons. The van der Waals surface area contributed by atoms with Gasteiger partial charge >= 0.3 is 0 Å². The van der Waals surface area contributed by atoms with Gasteiger partial charge in [0.1, 0.15) is 11.5 Å². The Balaban J connectivity index is 2.51. The van der Waals surface area contributed by atoms with Gasteiger partial charge in [-0.1, -0.05) is 0 Å². The van der Waals surface area contributed by atoms with E-state index in [9.17, 15) is 9.90 Å². The minimum atomic E-state index is -0.292. The Hall–Kier alpha value is -1.75. The van der Waals surface area contributed by atoms with E-state index in [2.05, 4.69) is 5.32 Å². The Morgan fingerprint density at radius 3 is 2.83 bits per heavy atom. The fourth-order valence-electron chi connectivity index (χ4n) is 1.55. The molecule has 1 amide bonds. The molecule has 0 fully saturated rings. The summed E-state index contributed by atoms with van der Waals surface area (Å²) in [5.41, 5.74) is 5.86. The number of nitrogens with one attached hydrogen (secondary N) is 1. The summed E-state index contributed by atoms with van der Waals surface area (Å²) in [4.78, 5) is 11.8. The van der Waals surface area contributed by atoms with Crippen LogP contribution in [-0.4, -0.2) is 30.7 Å². The molecule has 0 saturated heterocycles. The molecule has 0 aromatic heterocycles. The molecule has 4 N–H and O–H groups in total. The molecule has 18 heavy (non-hydrogen) atoms. The number of benzene rings is 1. The molecule has 0 aliphatic heterocycles. The van der Waals surface area contributed by atoms with Crippen molar-refractivity contribution in [2.75, 3.05) is 13.7 Å². The van der Waals surface area contributed by atoms with Crippen molar-refractivity contribution < 1.29 is 14.6 Å². The molecular formula is C13H20N2O3. The van der Waals surface area contributed by atoms with Crippen LogP contribution in [-0.2, 0) is 0 Å². The number of phenolic OH excluding ortho intramolecular Hbond substituents is 1. The summed E-state index contributed by atoms with van der Waals surface area (Å²) >= 11 is 0. The first-order chi connectivity index (χ1) is 8.54. The van der Waals surface area contributed by atoms with E-state index in [0.29, 0.717) is 12.3 Å². The average Bonchev–Trinajstić information content (AvgIpc) is 2.33. The number of phenols is 1. The summed E-state index contributed by atoms with van der Waals surface area (Å²) in [6, 6.07) is 4.72. The number of carbonyl (C=O) groups is 1. The molecular weight excluding hydrogens is 232 g/mol. The average molecular weight is 252 g/mol. The van der Waals surface area contributed by atoms with Crippen LogP contribution in [0.2, 0.25) is 0 Å². The maximum atomic E-state index is 11.8. The van der Waals surface area contributed by atoms with E-state index in [-0.39, 0.29) is 23.3 Å². The van der Waals surface area contributed by atoms with E-state index >= 15 is 0 Å². The molecule has 1 rings (SSSR count). The highest BCUT2D eigenvalue weighted by atomic mass is 16.5. The lowest BCUT2D eigenvalue weighted by atomic mass is 10.1. The number of nitrogens with two attached hydrogens (primary N) is 1. The highest BCUT2D eigenvalue weighted by molar-refractivity contribution is 5.96. The van der Waals surface area contributed by atoms with Gasteiger partial charge in [-0.15, -0.1) is 0 Å². The molecule has 0 aliphatic rings. The van der Waals surface area contributed by atoms with Gasteiger partial charge < -0.3 is 20.9 Å². The van der Waals surface area contributed by atoms with E-state index < -0.39 is 0 Å². The monoisotopic (exact) mass is 252 g/mol. The smallest absolute Gasteiger partial charge is 0.255 e. The SMILES string of the molecule is COc1ccc(C(=O)NCCCC(C)N)c(O)c1. The number of amides is 1. The summed E-state index contributed by atoms with van der Waals surface area (Å²) in [5.74, 6) is 0.139. The third-order valence-corrected chi connectivity index (χ3v) is 2.57. The second-order valence-electron chi connectivity index (χ2n) is 4.26. The molecule has 0 saturated carbocycles. The molecule has 0 bridgehead atoms. The number of rotatable bonds is 6. The van der Waals surface area contributed by atoms with Crippen LogP contribution >= 0.6 is 0 Å². The van der Waals surface area contributed by atoms with Gasteiger partial charge in [-0.25, -0.2) is 0 Å². The zero-order chi connectivity index (χ0) is 13.5. The Labute approximate surface area is 107 Å². The van der Waals surface area contributed by atoms with Crippen molar-refractivity contribution in [2.24, 2.45) is 5.73 Å². The third-order valence-electron chi connectivity index (χ3n) is 2.57. The van der Waals surface area contributed by atoms with Gasteiger partial charge in [-0.05, 0) is 31.9 Å². The van der Waals surface area contributed by atoms with Crippen molar-refractivity contribution in [3.8, 4) is 11.5 Å². The predicted octanol–water partition coefficient (Wildman–Crippen LogP) is 1.26. The second-order valence-corrected chi connectivity index (χ2v) is 4.26. The van der Waals surface area contributed by atoms with E-state index in [1.807, 2.05) is 6.92 Å². The standard InChI is InChI=1S/C13H20N2O3/c1-9(14)4-3-7-15-13(17)11-6-5-10(18-2)8-12(11)16/h5-6,8-9,16H,3-4,7,14H2,1-2H3,(H,15,17). The van der Waals surface area contributed by atoms with Crippen LogP contribution in [0.4, 0.5) is 0 Å². The van der Waals surface area contributed by atoms with Crippen LogP contribution in [0, 0.1) is 0 Å². The molecule has 1 aromatic rings. The third kappa shape index (κ3) is 4.25. The lowest BCUT2D eigenvalue weighted by molar-refractivity contribution is 0.0950. The normalized spacial score (nSPS) is 11.9. The maximum absolute atomic E-state index is 11.8. The molecule has 5 heteroatoms. The zero-order valence-electron chi connectivity index (χ0n) is 10.8. The number of aromatic hydroxyl groups is 1. The Morgan fingerprint density at radius 1 is 1.56 bits per heavy atom. The van der Waals surface area contributed by atoms with Crippen molar-refractivity contribution >= 4 is 5.91 Å². The summed E-state index contributed by atoms with van der Waals surface area (Å²) in [5, 5.41) is 12.4. The largest absolute Gasteiger partial charge is 0.507 e. The summed E-state index contributed by atoms with van der Waals surface area (Å²) in [6.07, 6.45) is 1.68. The van der Waals surface area contributed by atoms with Crippen LogP contribution in [0.3, 0.4) is 0 Å². The predicted molar refractivity (Wildman–Crippen MR) is 69.9 cm³/mol. The summed E-state index contributed by atoms with van der Waals surface area (Å²) in [6.45, 7) is 2.48. The summed E-state index contributed by atoms with van der Waals surface area (Å²) < 4.78 is 4.95. The number of hydrogen-bond acceptors (Lipinski definition) is 4. The van der Waals surface area contributed by atoms with Crippen LogP contribution < -0.4 is 15.8 Å². The van der Waals surface area contributed by atoms with E-state index in [0.717, 1.165) is 12.8 Å². The minimum absolute atomic E-state index is 0.0842. The number of hydrogen-bond donors (Lipinski definition) is 3. The van der Waals surface area contributed by atoms with Gasteiger partial charge in [-0.2, -0.15) is 0 Å². The fourth-order valence-corrected chi connectivity index (χ4v) is 1.55. The van der Waals surface area contributed by atoms with Gasteiger partial charge in [0.2, 0.25) is 0 Å². The molecule has 1 aromatic carbocycles. The van der Waals surface area contributed by atoms with Crippen molar-refractivity contribution in [3.05, 3.63) is 23.8 Å². The molecule has 0 aliphatic carbocycles. The van der Waals surface area contributed by atoms with Gasteiger partial charge in [0.25, 0.3) is 5.91 Å². The van der Waals surface area contributed by atoms with E-state index in [1.165, 1.54) is 19.2 Å². The number of ether oxygens (including phenoxy) is 1. The fraction of sp³-hybridized carbons (Fsp3) is 0.462. The topological polar surface area (TPSA) is 84.6 Å². The number of carbonyl (C=O) groups excluding carboxylic acids is 1. The highest BCUT2D eigenvalue weighted by Gasteiger charge is 2.11. The van der Waals surface area contributed by atoms with Gasteiger partial charge in [0.15, 0.2) is 0 Å². The lowest BCUT2D eigenvalue weighted by Crippen LogP contribution is -2.26. The van der Waals surface area contributed by atoms with E-state index in [4.69, 9.17) is 10.5 Å². The van der Waals surface area contributed by atoms with Gasteiger partial charge in [-0.3, -0.25) is 4.79 Å². The quantitative estimate of drug-likeness (QED) is 0.665. The second kappa shape index (κ2) is 6.86. The Kier molecular flexibility index (Phi) is 5.45. The van der Waals surface area contributed by atoms with Crippen molar-refractivity contribution in [1.82, 2.24) is 5.32 Å². The zero-order valence-corrected chi connectivity index (χ0v) is 10.8. The first kappa shape index (κ1) is 14.3.